The number of rotatable bonds is 4. The quantitative estimate of drug-likeness (QED) is 0.812. The van der Waals surface area contributed by atoms with Crippen LogP contribution in [0.1, 0.15) is 30.1 Å². The summed E-state index contributed by atoms with van der Waals surface area (Å²) in [5, 5.41) is 15.7. The van der Waals surface area contributed by atoms with Gasteiger partial charge in [-0.1, -0.05) is 30.3 Å². The van der Waals surface area contributed by atoms with Crippen LogP contribution in [0.5, 0.6) is 0 Å². The first-order valence-electron chi connectivity index (χ1n) is 7.57. The number of carbonyl (C=O) groups excluding carboxylic acids is 2. The number of hydrogen-bond donors (Lipinski definition) is 3. The fourth-order valence-electron chi connectivity index (χ4n) is 2.64. The van der Waals surface area contributed by atoms with E-state index >= 15 is 0 Å². The van der Waals surface area contributed by atoms with Crippen molar-refractivity contribution in [2.45, 2.75) is 25.4 Å². The summed E-state index contributed by atoms with van der Waals surface area (Å²) in [6, 6.07) is 14.5. The van der Waals surface area contributed by atoms with E-state index in [4.69, 9.17) is 0 Å². The monoisotopic (exact) mass is 310 g/mol. The van der Waals surface area contributed by atoms with Crippen molar-refractivity contribution < 1.29 is 14.7 Å². The SMILES string of the molecule is O=C(CC(O)c1ccccc1)Nc1ccc2c(c1)CCC(=O)N2. The van der Waals surface area contributed by atoms with E-state index in [1.165, 1.54) is 0 Å². The van der Waals surface area contributed by atoms with Gasteiger partial charge in [-0.15, -0.1) is 0 Å². The summed E-state index contributed by atoms with van der Waals surface area (Å²) < 4.78 is 0. The lowest BCUT2D eigenvalue weighted by molar-refractivity contribution is -0.118. The molecule has 1 aliphatic heterocycles. The van der Waals surface area contributed by atoms with Crippen molar-refractivity contribution in [3.8, 4) is 0 Å². The van der Waals surface area contributed by atoms with Crippen LogP contribution in [0.3, 0.4) is 0 Å². The maximum Gasteiger partial charge on any atom is 0.227 e. The van der Waals surface area contributed by atoms with Gasteiger partial charge in [0.15, 0.2) is 0 Å². The third-order valence-corrected chi connectivity index (χ3v) is 3.85. The molecule has 0 saturated heterocycles. The summed E-state index contributed by atoms with van der Waals surface area (Å²) in [6.07, 6.45) is 0.292. The highest BCUT2D eigenvalue weighted by molar-refractivity contribution is 5.95. The Kier molecular flexibility index (Phi) is 4.39. The van der Waals surface area contributed by atoms with Crippen LogP contribution >= 0.6 is 0 Å². The van der Waals surface area contributed by atoms with Crippen molar-refractivity contribution in [1.82, 2.24) is 0 Å². The van der Waals surface area contributed by atoms with Crippen LogP contribution in [0.15, 0.2) is 48.5 Å². The molecule has 0 radical (unpaired) electrons. The molecule has 3 rings (SSSR count). The van der Waals surface area contributed by atoms with Crippen LogP contribution in [-0.4, -0.2) is 16.9 Å². The van der Waals surface area contributed by atoms with Gasteiger partial charge in [0.05, 0.1) is 12.5 Å². The molecule has 0 aromatic heterocycles. The van der Waals surface area contributed by atoms with Crippen molar-refractivity contribution in [2.24, 2.45) is 0 Å². The number of anilines is 2. The average Bonchev–Trinajstić information content (AvgIpc) is 2.55. The van der Waals surface area contributed by atoms with Crippen molar-refractivity contribution >= 4 is 23.2 Å². The van der Waals surface area contributed by atoms with E-state index in [2.05, 4.69) is 10.6 Å². The lowest BCUT2D eigenvalue weighted by Crippen LogP contribution is -2.20. The zero-order valence-corrected chi connectivity index (χ0v) is 12.6. The first-order chi connectivity index (χ1) is 11.1. The second-order valence-corrected chi connectivity index (χ2v) is 5.60. The molecule has 1 atom stereocenters. The number of aryl methyl sites for hydroxylation is 1. The molecule has 1 heterocycles. The predicted octanol–water partition coefficient (Wildman–Crippen LogP) is 2.63. The van der Waals surface area contributed by atoms with Gasteiger partial charge < -0.3 is 15.7 Å². The fourth-order valence-corrected chi connectivity index (χ4v) is 2.64. The van der Waals surface area contributed by atoms with Gasteiger partial charge in [0.1, 0.15) is 0 Å². The third-order valence-electron chi connectivity index (χ3n) is 3.85. The Morgan fingerprint density at radius 1 is 1.17 bits per heavy atom. The van der Waals surface area contributed by atoms with E-state index in [-0.39, 0.29) is 18.2 Å². The molecule has 0 saturated carbocycles. The minimum Gasteiger partial charge on any atom is -0.388 e. The number of carbonyl (C=O) groups is 2. The molecule has 0 fully saturated rings. The Morgan fingerprint density at radius 3 is 2.74 bits per heavy atom. The highest BCUT2D eigenvalue weighted by Crippen LogP contribution is 2.26. The molecule has 5 nitrogen and oxygen atoms in total. The zero-order valence-electron chi connectivity index (χ0n) is 12.6. The lowest BCUT2D eigenvalue weighted by atomic mass is 10.0. The third kappa shape index (κ3) is 3.76. The zero-order chi connectivity index (χ0) is 16.2. The summed E-state index contributed by atoms with van der Waals surface area (Å²) >= 11 is 0. The van der Waals surface area contributed by atoms with Crippen LogP contribution in [0, 0.1) is 0 Å². The number of aliphatic hydroxyl groups excluding tert-OH is 1. The number of nitrogens with one attached hydrogen (secondary N) is 2. The normalized spacial score (nSPS) is 14.6. The molecule has 2 aromatic carbocycles. The van der Waals surface area contributed by atoms with Crippen molar-refractivity contribution in [2.75, 3.05) is 10.6 Å². The number of fused-ring (bicyclic) bond motifs is 1. The first kappa shape index (κ1) is 15.2. The topological polar surface area (TPSA) is 78.4 Å². The number of amides is 2. The molecule has 0 spiro atoms. The summed E-state index contributed by atoms with van der Waals surface area (Å²) in [7, 11) is 0. The average molecular weight is 310 g/mol. The van der Waals surface area contributed by atoms with Crippen molar-refractivity contribution in [3.05, 3.63) is 59.7 Å². The molecule has 118 valence electrons. The number of hydrogen-bond acceptors (Lipinski definition) is 3. The molecule has 0 bridgehead atoms. The Balaban J connectivity index is 1.63. The minimum atomic E-state index is -0.826. The first-order valence-corrected chi connectivity index (χ1v) is 7.57. The van der Waals surface area contributed by atoms with E-state index in [9.17, 15) is 14.7 Å². The Hall–Kier alpha value is -2.66. The fraction of sp³-hybridized carbons (Fsp3) is 0.222. The van der Waals surface area contributed by atoms with Gasteiger partial charge in [-0.25, -0.2) is 0 Å². The standard InChI is InChI=1S/C18H18N2O3/c21-16(12-4-2-1-3-5-12)11-18(23)19-14-7-8-15-13(10-14)6-9-17(22)20-15/h1-5,7-8,10,16,21H,6,9,11H2,(H,19,23)(H,20,22). The van der Waals surface area contributed by atoms with Crippen molar-refractivity contribution in [1.29, 1.82) is 0 Å². The highest BCUT2D eigenvalue weighted by atomic mass is 16.3. The number of benzene rings is 2. The molecule has 0 aliphatic carbocycles. The van der Waals surface area contributed by atoms with Gasteiger partial charge in [-0.3, -0.25) is 9.59 Å². The molecule has 1 unspecified atom stereocenters. The van der Waals surface area contributed by atoms with Gasteiger partial charge in [0.2, 0.25) is 11.8 Å². The summed E-state index contributed by atoms with van der Waals surface area (Å²) in [5.74, 6) is -0.235. The van der Waals surface area contributed by atoms with E-state index in [1.54, 1.807) is 24.3 Å². The molecule has 5 heteroatoms. The molecular formula is C18H18N2O3. The van der Waals surface area contributed by atoms with Crippen LogP contribution in [0.4, 0.5) is 11.4 Å². The molecule has 2 amide bonds. The Morgan fingerprint density at radius 2 is 1.96 bits per heavy atom. The van der Waals surface area contributed by atoms with Crippen LogP contribution < -0.4 is 10.6 Å². The maximum absolute atomic E-state index is 12.1. The van der Waals surface area contributed by atoms with E-state index < -0.39 is 6.10 Å². The van der Waals surface area contributed by atoms with Crippen LogP contribution in [0.2, 0.25) is 0 Å². The highest BCUT2D eigenvalue weighted by Gasteiger charge is 2.16. The Bertz CT molecular complexity index is 728. The molecular weight excluding hydrogens is 292 g/mol. The predicted molar refractivity (Wildman–Crippen MR) is 88.0 cm³/mol. The van der Waals surface area contributed by atoms with Gasteiger partial charge in [-0.05, 0) is 35.7 Å². The van der Waals surface area contributed by atoms with Gasteiger partial charge in [-0.2, -0.15) is 0 Å². The number of aliphatic hydroxyl groups is 1. The van der Waals surface area contributed by atoms with E-state index in [1.807, 2.05) is 24.3 Å². The van der Waals surface area contributed by atoms with E-state index in [0.29, 0.717) is 18.5 Å². The van der Waals surface area contributed by atoms with Crippen LogP contribution in [0.25, 0.3) is 0 Å². The largest absolute Gasteiger partial charge is 0.388 e. The van der Waals surface area contributed by atoms with Crippen molar-refractivity contribution in [3.63, 3.8) is 0 Å². The molecule has 23 heavy (non-hydrogen) atoms. The Labute approximate surface area is 134 Å². The summed E-state index contributed by atoms with van der Waals surface area (Å²) in [5.41, 5.74) is 3.19. The summed E-state index contributed by atoms with van der Waals surface area (Å²) in [4.78, 5) is 23.4. The molecule has 2 aromatic rings. The minimum absolute atomic E-state index is 0.00215. The van der Waals surface area contributed by atoms with Gasteiger partial charge >= 0.3 is 0 Å². The second-order valence-electron chi connectivity index (χ2n) is 5.60. The smallest absolute Gasteiger partial charge is 0.227 e. The maximum atomic E-state index is 12.1. The molecule has 3 N–H and O–H groups in total. The van der Waals surface area contributed by atoms with Gasteiger partial charge in [0, 0.05) is 17.8 Å². The lowest BCUT2D eigenvalue weighted by Gasteiger charge is -2.18. The second kappa shape index (κ2) is 6.62. The van der Waals surface area contributed by atoms with Gasteiger partial charge in [0.25, 0.3) is 0 Å². The van der Waals surface area contributed by atoms with E-state index in [0.717, 1.165) is 16.8 Å². The molecule has 1 aliphatic rings. The summed E-state index contributed by atoms with van der Waals surface area (Å²) in [6.45, 7) is 0. The van der Waals surface area contributed by atoms with Crippen LogP contribution in [-0.2, 0) is 16.0 Å².